The number of methoxy groups -OCH3 is 1. The normalized spacial score (nSPS) is 19.4. The number of aromatic nitrogens is 1. The lowest BCUT2D eigenvalue weighted by Crippen LogP contribution is -2.47. The van der Waals surface area contributed by atoms with Crippen LogP contribution in [0.3, 0.4) is 0 Å². The van der Waals surface area contributed by atoms with E-state index in [4.69, 9.17) is 14.5 Å². The van der Waals surface area contributed by atoms with Crippen molar-refractivity contribution in [3.8, 4) is 11.3 Å². The third-order valence-corrected chi connectivity index (χ3v) is 9.71. The molecule has 0 bridgehead atoms. The number of ether oxygens (including phenoxy) is 1. The summed E-state index contributed by atoms with van der Waals surface area (Å²) in [5, 5.41) is 1.21. The summed E-state index contributed by atoms with van der Waals surface area (Å²) in [6.07, 6.45) is 9.07. The molecule has 1 aromatic heterocycles. The second-order valence-electron chi connectivity index (χ2n) is 12.6. The van der Waals surface area contributed by atoms with Gasteiger partial charge in [0.15, 0.2) is 0 Å². The van der Waals surface area contributed by atoms with Crippen LogP contribution in [0.15, 0.2) is 36.4 Å². The molecule has 6 rings (SSSR count). The molecule has 230 valence electrons. The van der Waals surface area contributed by atoms with E-state index < -0.39 is 0 Å². The second-order valence-corrected chi connectivity index (χ2v) is 12.6. The van der Waals surface area contributed by atoms with E-state index in [2.05, 4.69) is 47.9 Å². The number of anilines is 1. The number of aryl methyl sites for hydroxylation is 1. The van der Waals surface area contributed by atoms with Gasteiger partial charge in [0.25, 0.3) is 0 Å². The fourth-order valence-corrected chi connectivity index (χ4v) is 7.54. The second kappa shape index (κ2) is 13.2. The molecule has 1 atom stereocenters. The predicted molar refractivity (Wildman–Crippen MR) is 168 cm³/mol. The van der Waals surface area contributed by atoms with Crippen LogP contribution in [0.5, 0.6) is 0 Å². The molecule has 1 saturated carbocycles. The Morgan fingerprint density at radius 2 is 1.84 bits per heavy atom. The van der Waals surface area contributed by atoms with Gasteiger partial charge in [0.05, 0.1) is 18.5 Å². The van der Waals surface area contributed by atoms with Crippen LogP contribution < -0.4 is 4.90 Å². The molecule has 2 amide bonds. The Kier molecular flexibility index (Phi) is 9.17. The Balaban J connectivity index is 1.42. The van der Waals surface area contributed by atoms with Gasteiger partial charge < -0.3 is 19.1 Å². The van der Waals surface area contributed by atoms with Gasteiger partial charge in [-0.2, -0.15) is 0 Å². The summed E-state index contributed by atoms with van der Waals surface area (Å²) < 4.78 is 7.51. The molecule has 1 saturated heterocycles. The van der Waals surface area contributed by atoms with Gasteiger partial charge in [-0.1, -0.05) is 43.5 Å². The van der Waals surface area contributed by atoms with Crippen molar-refractivity contribution in [2.45, 2.75) is 77.4 Å². The van der Waals surface area contributed by atoms with Gasteiger partial charge in [-0.15, -0.1) is 0 Å². The van der Waals surface area contributed by atoms with Crippen LogP contribution in [0, 0.1) is 12.8 Å². The summed E-state index contributed by atoms with van der Waals surface area (Å²) in [6.45, 7) is 4.81. The summed E-state index contributed by atoms with van der Waals surface area (Å²) in [5.41, 5.74) is 7.45. The molecule has 8 nitrogen and oxygen atoms in total. The number of rotatable bonds is 9. The first-order valence-electron chi connectivity index (χ1n) is 16.0. The highest BCUT2D eigenvalue weighted by atomic mass is 17.2. The van der Waals surface area contributed by atoms with Gasteiger partial charge in [-0.25, -0.2) is 9.78 Å². The van der Waals surface area contributed by atoms with E-state index in [1.165, 1.54) is 37.3 Å². The van der Waals surface area contributed by atoms with Gasteiger partial charge in [0, 0.05) is 43.3 Å². The molecular weight excluding hydrogens is 542 g/mol. The molecule has 0 N–H and O–H groups in total. The number of hydrogen-bond acceptors (Lipinski definition) is 5. The van der Waals surface area contributed by atoms with Gasteiger partial charge in [0.1, 0.15) is 19.7 Å². The maximum atomic E-state index is 14.2. The molecule has 43 heavy (non-hydrogen) atoms. The molecule has 3 aromatic rings. The lowest BCUT2D eigenvalue weighted by atomic mass is 9.81. The summed E-state index contributed by atoms with van der Waals surface area (Å²) in [5.74, 6) is 0.834. The average molecular weight is 588 g/mol. The number of benzene rings is 2. The number of likely N-dealkylation sites (tertiary alicyclic amines) is 1. The van der Waals surface area contributed by atoms with E-state index in [0.29, 0.717) is 25.0 Å². The molecule has 2 fully saturated rings. The number of carbonyl (C=O) groups excluding carboxylic acids is 2. The first kappa shape index (κ1) is 29.9. The fraction of sp³-hybridized carbons (Fsp3) is 0.543. The van der Waals surface area contributed by atoms with Crippen molar-refractivity contribution in [2.24, 2.45) is 5.92 Å². The number of fused-ring (bicyclic) bond motifs is 5. The van der Waals surface area contributed by atoms with Crippen LogP contribution in [0.2, 0.25) is 0 Å². The SMILES string of the molecule is COCC[C@@H]1CCCN(C(=O)CN2C(=O)Cn3c(c(C4CCCCC4)c4ccc(COOC)cc43)-c3ccc(C)cc32)C1. The molecule has 0 radical (unpaired) electrons. The predicted octanol–water partition coefficient (Wildman–Crippen LogP) is 6.36. The molecule has 3 heterocycles. The van der Waals surface area contributed by atoms with Gasteiger partial charge in [-0.3, -0.25) is 9.59 Å². The van der Waals surface area contributed by atoms with Crippen molar-refractivity contribution in [2.75, 3.05) is 45.4 Å². The quantitative estimate of drug-likeness (QED) is 0.215. The lowest BCUT2D eigenvalue weighted by Gasteiger charge is -2.34. The zero-order valence-corrected chi connectivity index (χ0v) is 25.9. The van der Waals surface area contributed by atoms with Crippen LogP contribution in [0.25, 0.3) is 22.2 Å². The minimum Gasteiger partial charge on any atom is -0.385 e. The summed E-state index contributed by atoms with van der Waals surface area (Å²) in [4.78, 5) is 41.9. The highest BCUT2D eigenvalue weighted by Gasteiger charge is 2.35. The first-order valence-corrected chi connectivity index (χ1v) is 16.0. The number of piperidine rings is 1. The Hall–Kier alpha value is -3.20. The molecule has 1 aliphatic carbocycles. The number of nitrogens with zero attached hydrogens (tertiary/aromatic N) is 3. The van der Waals surface area contributed by atoms with Gasteiger partial charge in [-0.05, 0) is 79.7 Å². The molecule has 2 aliphatic heterocycles. The minimum atomic E-state index is -0.0578. The third-order valence-electron chi connectivity index (χ3n) is 9.71. The van der Waals surface area contributed by atoms with Gasteiger partial charge in [0.2, 0.25) is 11.8 Å². The van der Waals surface area contributed by atoms with Crippen molar-refractivity contribution >= 4 is 28.4 Å². The van der Waals surface area contributed by atoms with Gasteiger partial charge >= 0.3 is 0 Å². The van der Waals surface area contributed by atoms with Crippen molar-refractivity contribution in [3.63, 3.8) is 0 Å². The Morgan fingerprint density at radius 3 is 2.63 bits per heavy atom. The standard InChI is InChI=1S/C35H45N3O5/c1-24-11-13-29-30(18-24)37(21-32(39)36-16-7-8-25(20-36)15-17-41-2)33(40)22-38-31-19-26(23-43-42-3)12-14-28(31)34(35(29)38)27-9-5-4-6-10-27/h11-14,18-19,25,27H,4-10,15-17,20-23H2,1-3H3/t25-/m0/s1. The molecule has 3 aliphatic rings. The summed E-state index contributed by atoms with van der Waals surface area (Å²) >= 11 is 0. The smallest absolute Gasteiger partial charge is 0.247 e. The molecule has 0 spiro atoms. The fourth-order valence-electron chi connectivity index (χ4n) is 7.54. The number of hydrogen-bond donors (Lipinski definition) is 0. The van der Waals surface area contributed by atoms with E-state index in [0.717, 1.165) is 78.8 Å². The Bertz CT molecular complexity index is 1470. The molecule has 0 unspecified atom stereocenters. The van der Waals surface area contributed by atoms with E-state index >= 15 is 0 Å². The maximum Gasteiger partial charge on any atom is 0.247 e. The molecule has 2 aromatic carbocycles. The third kappa shape index (κ3) is 6.10. The van der Waals surface area contributed by atoms with E-state index in [1.807, 2.05) is 4.90 Å². The van der Waals surface area contributed by atoms with Crippen LogP contribution >= 0.6 is 0 Å². The monoisotopic (exact) mass is 587 g/mol. The van der Waals surface area contributed by atoms with Crippen LogP contribution in [0.4, 0.5) is 5.69 Å². The number of amides is 2. The van der Waals surface area contributed by atoms with Crippen molar-refractivity contribution < 1.29 is 24.1 Å². The van der Waals surface area contributed by atoms with Crippen molar-refractivity contribution in [1.82, 2.24) is 9.47 Å². The van der Waals surface area contributed by atoms with E-state index in [9.17, 15) is 9.59 Å². The molecular formula is C35H45N3O5. The minimum absolute atomic E-state index is 0.0193. The van der Waals surface area contributed by atoms with E-state index in [-0.39, 0.29) is 24.9 Å². The van der Waals surface area contributed by atoms with Crippen LogP contribution in [-0.4, -0.2) is 61.7 Å². The summed E-state index contributed by atoms with van der Waals surface area (Å²) in [6, 6.07) is 12.8. The average Bonchev–Trinajstić information content (AvgIpc) is 3.28. The highest BCUT2D eigenvalue weighted by Crippen LogP contribution is 2.47. The zero-order valence-electron chi connectivity index (χ0n) is 25.9. The van der Waals surface area contributed by atoms with Crippen LogP contribution in [-0.2, 0) is 37.3 Å². The summed E-state index contributed by atoms with van der Waals surface area (Å²) in [7, 11) is 3.24. The Morgan fingerprint density at radius 1 is 1.00 bits per heavy atom. The van der Waals surface area contributed by atoms with Crippen molar-refractivity contribution in [1.29, 1.82) is 0 Å². The topological polar surface area (TPSA) is 73.2 Å². The zero-order chi connectivity index (χ0) is 29.9. The highest BCUT2D eigenvalue weighted by molar-refractivity contribution is 6.07. The maximum absolute atomic E-state index is 14.2. The van der Waals surface area contributed by atoms with E-state index in [1.54, 1.807) is 12.0 Å². The Labute approximate surface area is 254 Å². The number of carbonyl (C=O) groups is 2. The van der Waals surface area contributed by atoms with Crippen LogP contribution in [0.1, 0.15) is 74.0 Å². The largest absolute Gasteiger partial charge is 0.385 e. The lowest BCUT2D eigenvalue weighted by molar-refractivity contribution is -0.282. The van der Waals surface area contributed by atoms with Crippen molar-refractivity contribution in [3.05, 3.63) is 53.1 Å². The first-order chi connectivity index (χ1) is 21.0. The molecule has 8 heteroatoms.